The molecular formula is C11H12ClFO3. The Morgan fingerprint density at radius 2 is 2.25 bits per heavy atom. The van der Waals surface area contributed by atoms with Gasteiger partial charge in [0.15, 0.2) is 5.60 Å². The number of hydrogen-bond donors (Lipinski definition) is 1. The van der Waals surface area contributed by atoms with Crippen molar-refractivity contribution in [1.82, 2.24) is 0 Å². The Labute approximate surface area is 97.8 Å². The van der Waals surface area contributed by atoms with Gasteiger partial charge >= 0.3 is 5.97 Å². The van der Waals surface area contributed by atoms with E-state index < -0.39 is 17.4 Å². The second-order valence-electron chi connectivity index (χ2n) is 3.40. The molecule has 88 valence electrons. The Balaban J connectivity index is 3.21. The number of ether oxygens (including phenoxy) is 1. The summed E-state index contributed by atoms with van der Waals surface area (Å²) in [5, 5.41) is 8.99. The molecule has 1 aromatic rings. The number of rotatable bonds is 4. The maximum Gasteiger partial charge on any atom is 0.340 e. The van der Waals surface area contributed by atoms with Crippen LogP contribution in [0.25, 0.3) is 0 Å². The number of halogens is 2. The van der Waals surface area contributed by atoms with E-state index in [0.29, 0.717) is 5.56 Å². The van der Waals surface area contributed by atoms with E-state index in [9.17, 15) is 9.18 Å². The number of carboxylic acids is 1. The fourth-order valence-electron chi connectivity index (χ4n) is 1.35. The van der Waals surface area contributed by atoms with Crippen molar-refractivity contribution in [3.05, 3.63) is 34.6 Å². The van der Waals surface area contributed by atoms with Gasteiger partial charge in [0, 0.05) is 6.61 Å². The minimum absolute atomic E-state index is 0.121. The topological polar surface area (TPSA) is 46.5 Å². The molecule has 0 spiro atoms. The minimum Gasteiger partial charge on any atom is -0.479 e. The molecule has 0 aliphatic heterocycles. The van der Waals surface area contributed by atoms with Crippen LogP contribution in [0.15, 0.2) is 18.2 Å². The minimum atomic E-state index is -1.51. The Morgan fingerprint density at radius 1 is 1.62 bits per heavy atom. The molecule has 1 aromatic carbocycles. The predicted molar refractivity (Wildman–Crippen MR) is 58.0 cm³/mol. The lowest BCUT2D eigenvalue weighted by Crippen LogP contribution is -2.35. The van der Waals surface area contributed by atoms with Crippen molar-refractivity contribution in [3.63, 3.8) is 0 Å². The van der Waals surface area contributed by atoms with Crippen LogP contribution in [0.5, 0.6) is 0 Å². The molecule has 0 heterocycles. The summed E-state index contributed by atoms with van der Waals surface area (Å²) < 4.78 is 18.1. The third kappa shape index (κ3) is 2.33. The first-order valence-electron chi connectivity index (χ1n) is 4.74. The van der Waals surface area contributed by atoms with E-state index in [0.717, 1.165) is 6.07 Å². The molecule has 0 saturated carbocycles. The molecule has 1 N–H and O–H groups in total. The maximum absolute atomic E-state index is 13.0. The third-order valence-electron chi connectivity index (χ3n) is 2.31. The molecule has 5 heteroatoms. The van der Waals surface area contributed by atoms with E-state index in [2.05, 4.69) is 0 Å². The van der Waals surface area contributed by atoms with Gasteiger partial charge < -0.3 is 9.84 Å². The van der Waals surface area contributed by atoms with Gasteiger partial charge in [-0.25, -0.2) is 9.18 Å². The van der Waals surface area contributed by atoms with Crippen LogP contribution in [0.2, 0.25) is 5.02 Å². The van der Waals surface area contributed by atoms with Gasteiger partial charge in [-0.15, -0.1) is 0 Å². The first-order valence-corrected chi connectivity index (χ1v) is 5.12. The van der Waals surface area contributed by atoms with E-state index in [1.807, 2.05) is 0 Å². The van der Waals surface area contributed by atoms with Crippen molar-refractivity contribution in [2.45, 2.75) is 19.4 Å². The highest BCUT2D eigenvalue weighted by molar-refractivity contribution is 6.30. The third-order valence-corrected chi connectivity index (χ3v) is 2.60. The SMILES string of the molecule is CCOC(C)(C(=O)O)c1ccc(F)c(Cl)c1. The van der Waals surface area contributed by atoms with Crippen molar-refractivity contribution in [2.75, 3.05) is 6.61 Å². The van der Waals surface area contributed by atoms with Crippen molar-refractivity contribution in [2.24, 2.45) is 0 Å². The van der Waals surface area contributed by atoms with E-state index >= 15 is 0 Å². The van der Waals surface area contributed by atoms with E-state index in [-0.39, 0.29) is 11.6 Å². The van der Waals surface area contributed by atoms with E-state index in [1.165, 1.54) is 19.1 Å². The van der Waals surface area contributed by atoms with Gasteiger partial charge in [0.2, 0.25) is 0 Å². The normalized spacial score (nSPS) is 14.5. The molecule has 0 radical (unpaired) electrons. The summed E-state index contributed by atoms with van der Waals surface area (Å²) >= 11 is 5.60. The lowest BCUT2D eigenvalue weighted by molar-refractivity contribution is -0.164. The number of hydrogen-bond acceptors (Lipinski definition) is 2. The molecule has 3 nitrogen and oxygen atoms in total. The highest BCUT2D eigenvalue weighted by Gasteiger charge is 2.36. The average Bonchev–Trinajstić information content (AvgIpc) is 2.22. The van der Waals surface area contributed by atoms with Crippen LogP contribution in [0.1, 0.15) is 19.4 Å². The van der Waals surface area contributed by atoms with Crippen molar-refractivity contribution in [1.29, 1.82) is 0 Å². The molecular weight excluding hydrogens is 235 g/mol. The zero-order valence-electron chi connectivity index (χ0n) is 8.96. The molecule has 1 atom stereocenters. The molecule has 0 amide bonds. The van der Waals surface area contributed by atoms with Crippen LogP contribution in [0, 0.1) is 5.82 Å². The first-order chi connectivity index (χ1) is 7.41. The summed E-state index contributed by atoms with van der Waals surface area (Å²) in [7, 11) is 0. The molecule has 0 aliphatic carbocycles. The van der Waals surface area contributed by atoms with Gasteiger partial charge in [0.25, 0.3) is 0 Å². The summed E-state index contributed by atoms with van der Waals surface area (Å²) in [4.78, 5) is 11.1. The van der Waals surface area contributed by atoms with Gasteiger partial charge in [0.1, 0.15) is 5.82 Å². The van der Waals surface area contributed by atoms with Crippen LogP contribution in [0.4, 0.5) is 4.39 Å². The smallest absolute Gasteiger partial charge is 0.340 e. The van der Waals surface area contributed by atoms with Crippen LogP contribution < -0.4 is 0 Å². The summed E-state index contributed by atoms with van der Waals surface area (Å²) in [5.74, 6) is -1.73. The Hall–Kier alpha value is -1.13. The zero-order chi connectivity index (χ0) is 12.3. The molecule has 0 aliphatic rings. The van der Waals surface area contributed by atoms with Gasteiger partial charge in [-0.1, -0.05) is 17.7 Å². The van der Waals surface area contributed by atoms with Crippen molar-refractivity contribution >= 4 is 17.6 Å². The predicted octanol–water partition coefficient (Wildman–Crippen LogP) is 2.82. The highest BCUT2D eigenvalue weighted by Crippen LogP contribution is 2.29. The van der Waals surface area contributed by atoms with Crippen LogP contribution >= 0.6 is 11.6 Å². The standard InChI is InChI=1S/C11H12ClFO3/c1-3-16-11(2,10(14)15)7-4-5-9(13)8(12)6-7/h4-6H,3H2,1-2H3,(H,14,15). The summed E-state index contributed by atoms with van der Waals surface area (Å²) in [6, 6.07) is 3.74. The fourth-order valence-corrected chi connectivity index (χ4v) is 1.53. The Morgan fingerprint density at radius 3 is 2.69 bits per heavy atom. The number of carboxylic acid groups (broad SMARTS) is 1. The quantitative estimate of drug-likeness (QED) is 0.889. The molecule has 0 saturated heterocycles. The Bertz CT molecular complexity index is 408. The molecule has 0 bridgehead atoms. The van der Waals surface area contributed by atoms with E-state index in [4.69, 9.17) is 21.4 Å². The summed E-state index contributed by atoms with van der Waals surface area (Å²) in [6.07, 6.45) is 0. The van der Waals surface area contributed by atoms with Gasteiger partial charge in [-0.05, 0) is 31.5 Å². The largest absolute Gasteiger partial charge is 0.479 e. The van der Waals surface area contributed by atoms with Crippen LogP contribution in [-0.2, 0) is 15.1 Å². The van der Waals surface area contributed by atoms with Crippen molar-refractivity contribution in [3.8, 4) is 0 Å². The van der Waals surface area contributed by atoms with Crippen LogP contribution in [0.3, 0.4) is 0 Å². The second kappa shape index (κ2) is 4.80. The lowest BCUT2D eigenvalue weighted by Gasteiger charge is -2.25. The second-order valence-corrected chi connectivity index (χ2v) is 3.81. The van der Waals surface area contributed by atoms with Gasteiger partial charge in [-0.3, -0.25) is 0 Å². The maximum atomic E-state index is 13.0. The molecule has 1 rings (SSSR count). The highest BCUT2D eigenvalue weighted by atomic mass is 35.5. The van der Waals surface area contributed by atoms with Gasteiger partial charge in [0.05, 0.1) is 5.02 Å². The molecule has 16 heavy (non-hydrogen) atoms. The van der Waals surface area contributed by atoms with Gasteiger partial charge in [-0.2, -0.15) is 0 Å². The molecule has 0 fully saturated rings. The molecule has 0 aromatic heterocycles. The molecule has 1 unspecified atom stereocenters. The first kappa shape index (κ1) is 12.9. The fraction of sp³-hybridized carbons (Fsp3) is 0.364. The Kier molecular flexibility index (Phi) is 3.88. The number of benzene rings is 1. The zero-order valence-corrected chi connectivity index (χ0v) is 9.71. The summed E-state index contributed by atoms with van der Waals surface area (Å²) in [5.41, 5.74) is -1.19. The van der Waals surface area contributed by atoms with Crippen LogP contribution in [-0.4, -0.2) is 17.7 Å². The summed E-state index contributed by atoms with van der Waals surface area (Å²) in [6.45, 7) is 3.33. The average molecular weight is 247 g/mol. The van der Waals surface area contributed by atoms with Crippen molar-refractivity contribution < 1.29 is 19.0 Å². The van der Waals surface area contributed by atoms with E-state index in [1.54, 1.807) is 6.92 Å². The number of carbonyl (C=O) groups is 1. The monoisotopic (exact) mass is 246 g/mol. The number of aliphatic carboxylic acids is 1. The lowest BCUT2D eigenvalue weighted by atomic mass is 9.96.